The van der Waals surface area contributed by atoms with Crippen LogP contribution < -0.4 is 10.1 Å². The molecule has 3 aromatic rings. The van der Waals surface area contributed by atoms with Crippen LogP contribution >= 0.6 is 0 Å². The predicted octanol–water partition coefficient (Wildman–Crippen LogP) is 3.19. The van der Waals surface area contributed by atoms with Crippen LogP contribution in [0, 0.1) is 5.82 Å². The number of nitrogens with zero attached hydrogens (tertiary/aromatic N) is 4. The monoisotopic (exact) mass is 367 g/mol. The zero-order valence-corrected chi connectivity index (χ0v) is 15.1. The molecule has 1 N–H and O–H groups in total. The van der Waals surface area contributed by atoms with E-state index in [1.165, 1.54) is 25.0 Å². The molecule has 2 aromatic heterocycles. The van der Waals surface area contributed by atoms with Crippen molar-refractivity contribution in [3.63, 3.8) is 0 Å². The molecule has 0 spiro atoms. The molecular formula is C20H22FN5O. The summed E-state index contributed by atoms with van der Waals surface area (Å²) in [4.78, 5) is 7.19. The molecule has 1 atom stereocenters. The third-order valence-electron chi connectivity index (χ3n) is 5.48. The standard InChI is InChI=1S/C20H22FN5O/c21-15-10-14-11-17(12-15)27-9-8-25-6-1-2-16(25)3-5-22-19-4-7-26-20(24-19)18(14)13-23-26/h4,7,10-13,16H,1-3,5-6,8-9H2,(H,22,24)/t16-/m1/s1. The molecule has 2 aliphatic heterocycles. The number of aromatic nitrogens is 3. The van der Waals surface area contributed by atoms with Crippen molar-refractivity contribution in [3.8, 4) is 16.9 Å². The van der Waals surface area contributed by atoms with Gasteiger partial charge in [-0.2, -0.15) is 5.10 Å². The molecule has 1 fully saturated rings. The van der Waals surface area contributed by atoms with Gasteiger partial charge in [0.05, 0.1) is 6.20 Å². The number of benzene rings is 1. The van der Waals surface area contributed by atoms with Crippen LogP contribution in [-0.2, 0) is 0 Å². The Morgan fingerprint density at radius 3 is 3.11 bits per heavy atom. The molecule has 0 amide bonds. The number of anilines is 1. The maximum atomic E-state index is 14.2. The SMILES string of the molecule is Fc1cc2cc(c1)-c1cnn3ccc(nc13)NCC[C@H]1CCCN1CCO2. The first-order valence-electron chi connectivity index (χ1n) is 9.52. The van der Waals surface area contributed by atoms with Gasteiger partial charge in [-0.15, -0.1) is 0 Å². The lowest BCUT2D eigenvalue weighted by atomic mass is 10.1. The Balaban J connectivity index is 1.56. The Hall–Kier alpha value is -2.67. The Morgan fingerprint density at radius 2 is 2.15 bits per heavy atom. The molecule has 0 aliphatic carbocycles. The van der Waals surface area contributed by atoms with Gasteiger partial charge in [0.1, 0.15) is 24.0 Å². The second-order valence-electron chi connectivity index (χ2n) is 7.21. The summed E-state index contributed by atoms with van der Waals surface area (Å²) in [6.07, 6.45) is 7.11. The summed E-state index contributed by atoms with van der Waals surface area (Å²) in [5.41, 5.74) is 2.21. The first kappa shape index (κ1) is 16.5. The van der Waals surface area contributed by atoms with Gasteiger partial charge in [-0.05, 0) is 49.6 Å². The molecular weight excluding hydrogens is 345 g/mol. The molecule has 4 heterocycles. The maximum Gasteiger partial charge on any atom is 0.165 e. The Morgan fingerprint density at radius 1 is 1.19 bits per heavy atom. The van der Waals surface area contributed by atoms with E-state index < -0.39 is 0 Å². The highest BCUT2D eigenvalue weighted by Gasteiger charge is 2.24. The van der Waals surface area contributed by atoms with E-state index in [-0.39, 0.29) is 5.82 Å². The van der Waals surface area contributed by atoms with Crippen LogP contribution in [0.1, 0.15) is 19.3 Å². The van der Waals surface area contributed by atoms with Gasteiger partial charge in [-0.1, -0.05) is 0 Å². The van der Waals surface area contributed by atoms with Crippen molar-refractivity contribution in [3.05, 3.63) is 42.5 Å². The minimum Gasteiger partial charge on any atom is -0.492 e. The van der Waals surface area contributed by atoms with E-state index in [1.54, 1.807) is 10.7 Å². The largest absolute Gasteiger partial charge is 0.492 e. The smallest absolute Gasteiger partial charge is 0.165 e. The van der Waals surface area contributed by atoms with E-state index in [0.717, 1.165) is 43.0 Å². The van der Waals surface area contributed by atoms with Crippen LogP contribution in [0.4, 0.5) is 10.2 Å². The third-order valence-corrected chi connectivity index (χ3v) is 5.48. The van der Waals surface area contributed by atoms with Crippen molar-refractivity contribution < 1.29 is 9.13 Å². The molecule has 0 unspecified atom stereocenters. The molecule has 1 aromatic carbocycles. The number of rotatable bonds is 0. The van der Waals surface area contributed by atoms with Crippen LogP contribution in [0.2, 0.25) is 0 Å². The summed E-state index contributed by atoms with van der Waals surface area (Å²) in [5, 5.41) is 7.78. The zero-order chi connectivity index (χ0) is 18.2. The Kier molecular flexibility index (Phi) is 4.16. The second kappa shape index (κ2) is 6.81. The minimum atomic E-state index is -0.320. The van der Waals surface area contributed by atoms with Crippen LogP contribution in [0.15, 0.2) is 36.7 Å². The number of fused-ring (bicyclic) bond motifs is 5. The number of ether oxygens (including phenoxy) is 1. The minimum absolute atomic E-state index is 0.320. The van der Waals surface area contributed by atoms with Gasteiger partial charge >= 0.3 is 0 Å². The van der Waals surface area contributed by atoms with Gasteiger partial charge in [0.25, 0.3) is 0 Å². The number of hydrogen-bond donors (Lipinski definition) is 1. The fourth-order valence-electron chi connectivity index (χ4n) is 4.14. The quantitative estimate of drug-likeness (QED) is 0.661. The molecule has 140 valence electrons. The van der Waals surface area contributed by atoms with E-state index in [9.17, 15) is 4.39 Å². The molecule has 6 nitrogen and oxygen atoms in total. The molecule has 1 saturated heterocycles. The predicted molar refractivity (Wildman–Crippen MR) is 102 cm³/mol. The topological polar surface area (TPSA) is 54.7 Å². The van der Waals surface area contributed by atoms with Crippen LogP contribution in [0.5, 0.6) is 5.75 Å². The van der Waals surface area contributed by atoms with E-state index in [0.29, 0.717) is 24.0 Å². The number of hydrogen-bond acceptors (Lipinski definition) is 5. The lowest BCUT2D eigenvalue weighted by molar-refractivity contribution is 0.192. The normalized spacial score (nSPS) is 20.6. The first-order valence-corrected chi connectivity index (χ1v) is 9.52. The average molecular weight is 367 g/mol. The molecule has 5 rings (SSSR count). The van der Waals surface area contributed by atoms with E-state index in [1.807, 2.05) is 18.3 Å². The van der Waals surface area contributed by atoms with Gasteiger partial charge in [0.15, 0.2) is 5.65 Å². The number of halogens is 1. The Bertz CT molecular complexity index is 972. The fraction of sp³-hybridized carbons (Fsp3) is 0.400. The van der Waals surface area contributed by atoms with Crippen molar-refractivity contribution >= 4 is 11.5 Å². The van der Waals surface area contributed by atoms with Crippen LogP contribution in [0.3, 0.4) is 0 Å². The van der Waals surface area contributed by atoms with E-state index in [4.69, 9.17) is 9.72 Å². The molecule has 0 saturated carbocycles. The Labute approximate surface area is 157 Å². The summed E-state index contributed by atoms with van der Waals surface area (Å²) in [6, 6.07) is 7.29. The lowest BCUT2D eigenvalue weighted by Crippen LogP contribution is -2.34. The van der Waals surface area contributed by atoms with Gasteiger partial charge in [0, 0.05) is 37.0 Å². The summed E-state index contributed by atoms with van der Waals surface area (Å²) < 4.78 is 21.8. The summed E-state index contributed by atoms with van der Waals surface area (Å²) in [6.45, 7) is 3.39. The summed E-state index contributed by atoms with van der Waals surface area (Å²) >= 11 is 0. The highest BCUT2D eigenvalue weighted by molar-refractivity contribution is 5.78. The summed E-state index contributed by atoms with van der Waals surface area (Å²) in [7, 11) is 0. The van der Waals surface area contributed by atoms with Gasteiger partial charge in [-0.25, -0.2) is 13.9 Å². The van der Waals surface area contributed by atoms with E-state index >= 15 is 0 Å². The van der Waals surface area contributed by atoms with Crippen molar-refractivity contribution in [2.75, 3.05) is 31.6 Å². The van der Waals surface area contributed by atoms with E-state index in [2.05, 4.69) is 15.3 Å². The van der Waals surface area contributed by atoms with Gasteiger partial charge in [0.2, 0.25) is 0 Å². The molecule has 0 radical (unpaired) electrons. The third kappa shape index (κ3) is 3.23. The van der Waals surface area contributed by atoms with Gasteiger partial charge in [-0.3, -0.25) is 4.90 Å². The average Bonchev–Trinajstić information content (AvgIpc) is 3.27. The molecule has 7 heteroatoms. The molecule has 27 heavy (non-hydrogen) atoms. The highest BCUT2D eigenvalue weighted by Crippen LogP contribution is 2.29. The van der Waals surface area contributed by atoms with Crippen molar-refractivity contribution in [2.45, 2.75) is 25.3 Å². The first-order chi connectivity index (χ1) is 13.3. The van der Waals surface area contributed by atoms with Crippen molar-refractivity contribution in [2.24, 2.45) is 0 Å². The molecule has 2 aliphatic rings. The van der Waals surface area contributed by atoms with Gasteiger partial charge < -0.3 is 10.1 Å². The van der Waals surface area contributed by atoms with Crippen molar-refractivity contribution in [1.82, 2.24) is 19.5 Å². The van der Waals surface area contributed by atoms with Crippen LogP contribution in [-0.4, -0.2) is 51.8 Å². The summed E-state index contributed by atoms with van der Waals surface area (Å²) in [5.74, 6) is 1.04. The van der Waals surface area contributed by atoms with Crippen LogP contribution in [0.25, 0.3) is 16.8 Å². The fourth-order valence-corrected chi connectivity index (χ4v) is 4.14. The maximum absolute atomic E-state index is 14.2. The second-order valence-corrected chi connectivity index (χ2v) is 7.21. The highest BCUT2D eigenvalue weighted by atomic mass is 19.1. The molecule has 4 bridgehead atoms. The zero-order valence-electron chi connectivity index (χ0n) is 15.1. The number of nitrogens with one attached hydrogen (secondary N) is 1. The van der Waals surface area contributed by atoms with Crippen molar-refractivity contribution in [1.29, 1.82) is 0 Å². The lowest BCUT2D eigenvalue weighted by Gasteiger charge is -2.24.